The van der Waals surface area contributed by atoms with E-state index in [0.29, 0.717) is 6.04 Å². The highest BCUT2D eigenvalue weighted by atomic mass is 35.5. The van der Waals surface area contributed by atoms with Crippen LogP contribution in [0.5, 0.6) is 0 Å². The van der Waals surface area contributed by atoms with Gasteiger partial charge in [-0.2, -0.15) is 0 Å². The molecule has 0 aromatic rings. The van der Waals surface area contributed by atoms with Gasteiger partial charge < -0.3 is 5.32 Å². The summed E-state index contributed by atoms with van der Waals surface area (Å²) in [5, 5.41) is 11.0. The van der Waals surface area contributed by atoms with Crippen molar-refractivity contribution in [2.24, 2.45) is 17.8 Å². The van der Waals surface area contributed by atoms with Crippen LogP contribution >= 0.6 is 12.4 Å². The molecule has 0 aromatic carbocycles. The van der Waals surface area contributed by atoms with Gasteiger partial charge in [-0.15, -0.1) is 12.4 Å². The Kier molecular flexibility index (Phi) is 3.82. The normalized spacial score (nSPS) is 39.4. The molecule has 2 aliphatic rings. The molecule has 82 valence electrons. The van der Waals surface area contributed by atoms with Crippen molar-refractivity contribution in [1.29, 1.82) is 5.41 Å². The van der Waals surface area contributed by atoms with E-state index in [1.165, 1.54) is 19.3 Å². The molecule has 0 bridgehead atoms. The van der Waals surface area contributed by atoms with Gasteiger partial charge in [-0.1, -0.05) is 26.7 Å². The summed E-state index contributed by atoms with van der Waals surface area (Å²) >= 11 is 0. The Bertz CT molecular complexity index is 217. The molecule has 2 rings (SSSR count). The van der Waals surface area contributed by atoms with Crippen LogP contribution in [0.25, 0.3) is 0 Å². The predicted octanol–water partition coefficient (Wildman–Crippen LogP) is 2.82. The van der Waals surface area contributed by atoms with Crippen LogP contribution in [0.1, 0.15) is 39.5 Å². The monoisotopic (exact) mass is 216 g/mol. The smallest absolute Gasteiger partial charge is 0.0936 e. The van der Waals surface area contributed by atoms with Crippen molar-refractivity contribution >= 4 is 18.2 Å². The minimum Gasteiger partial charge on any atom is -0.371 e. The van der Waals surface area contributed by atoms with Gasteiger partial charge in [-0.3, -0.25) is 5.41 Å². The molecule has 1 saturated carbocycles. The zero-order valence-electron chi connectivity index (χ0n) is 9.05. The highest BCUT2D eigenvalue weighted by Gasteiger charge is 2.54. The minimum atomic E-state index is 0. The Morgan fingerprint density at radius 3 is 2.86 bits per heavy atom. The van der Waals surface area contributed by atoms with E-state index < -0.39 is 0 Å². The molecule has 0 amide bonds. The van der Waals surface area contributed by atoms with Crippen LogP contribution in [0.3, 0.4) is 0 Å². The number of nitrogens with one attached hydrogen (secondary N) is 2. The van der Waals surface area contributed by atoms with Gasteiger partial charge in [0.2, 0.25) is 0 Å². The largest absolute Gasteiger partial charge is 0.371 e. The molecule has 4 atom stereocenters. The number of halogens is 1. The van der Waals surface area contributed by atoms with Crippen LogP contribution in [0, 0.1) is 23.2 Å². The van der Waals surface area contributed by atoms with Gasteiger partial charge in [0.1, 0.15) is 0 Å². The molecular formula is C11H21ClN2. The van der Waals surface area contributed by atoms with Crippen LogP contribution in [0.15, 0.2) is 0 Å². The Hall–Kier alpha value is -0.240. The molecule has 1 heterocycles. The molecule has 2 N–H and O–H groups in total. The second kappa shape index (κ2) is 4.52. The molecular weight excluding hydrogens is 196 g/mol. The topological polar surface area (TPSA) is 35.9 Å². The summed E-state index contributed by atoms with van der Waals surface area (Å²) in [5.74, 6) is 3.30. The van der Waals surface area contributed by atoms with Crippen LogP contribution in [-0.4, -0.2) is 11.9 Å². The van der Waals surface area contributed by atoms with Crippen molar-refractivity contribution in [2.75, 3.05) is 0 Å². The van der Waals surface area contributed by atoms with Crippen molar-refractivity contribution in [2.45, 2.75) is 45.6 Å². The van der Waals surface area contributed by atoms with E-state index in [1.807, 2.05) is 0 Å². The molecule has 1 aliphatic carbocycles. The van der Waals surface area contributed by atoms with E-state index in [2.05, 4.69) is 19.2 Å². The van der Waals surface area contributed by atoms with Crippen molar-refractivity contribution in [3.05, 3.63) is 0 Å². The van der Waals surface area contributed by atoms with Crippen LogP contribution < -0.4 is 5.32 Å². The van der Waals surface area contributed by atoms with Crippen molar-refractivity contribution in [1.82, 2.24) is 5.32 Å². The van der Waals surface area contributed by atoms with E-state index in [-0.39, 0.29) is 12.4 Å². The molecule has 1 aliphatic heterocycles. The van der Waals surface area contributed by atoms with Gasteiger partial charge >= 0.3 is 0 Å². The summed E-state index contributed by atoms with van der Waals surface area (Å²) in [5.41, 5.74) is 0. The third kappa shape index (κ3) is 2.05. The number of hydrogen-bond donors (Lipinski definition) is 2. The summed E-state index contributed by atoms with van der Waals surface area (Å²) in [6, 6.07) is 0.669. The lowest BCUT2D eigenvalue weighted by Crippen LogP contribution is -2.33. The zero-order chi connectivity index (χ0) is 9.42. The van der Waals surface area contributed by atoms with Crippen molar-refractivity contribution < 1.29 is 0 Å². The number of fused-ring (bicyclic) bond motifs is 1. The summed E-state index contributed by atoms with van der Waals surface area (Å²) in [4.78, 5) is 0. The predicted molar refractivity (Wildman–Crippen MR) is 62.2 cm³/mol. The molecule has 2 fully saturated rings. The van der Waals surface area contributed by atoms with E-state index >= 15 is 0 Å². The zero-order valence-corrected chi connectivity index (χ0v) is 9.86. The molecule has 2 nitrogen and oxygen atoms in total. The third-order valence-corrected chi connectivity index (χ3v) is 3.64. The lowest BCUT2D eigenvalue weighted by molar-refractivity contribution is 0.450. The fraction of sp³-hybridized carbons (Fsp3) is 0.909. The fourth-order valence-electron chi connectivity index (χ4n) is 2.91. The average Bonchev–Trinajstić information content (AvgIpc) is 2.74. The third-order valence-electron chi connectivity index (χ3n) is 3.64. The molecule has 0 radical (unpaired) electrons. The first-order chi connectivity index (χ1) is 6.24. The summed E-state index contributed by atoms with van der Waals surface area (Å²) in [7, 11) is 0. The number of rotatable bonds is 3. The van der Waals surface area contributed by atoms with Crippen LogP contribution in [-0.2, 0) is 0 Å². The van der Waals surface area contributed by atoms with Gasteiger partial charge in [0.25, 0.3) is 0 Å². The Morgan fingerprint density at radius 1 is 1.50 bits per heavy atom. The molecule has 3 heteroatoms. The van der Waals surface area contributed by atoms with Gasteiger partial charge in [0.05, 0.1) is 5.84 Å². The van der Waals surface area contributed by atoms with Crippen LogP contribution in [0.4, 0.5) is 0 Å². The van der Waals surface area contributed by atoms with E-state index in [0.717, 1.165) is 30.0 Å². The second-order valence-corrected chi connectivity index (χ2v) is 4.71. The van der Waals surface area contributed by atoms with E-state index in [1.54, 1.807) is 0 Å². The first-order valence-electron chi connectivity index (χ1n) is 5.58. The lowest BCUT2D eigenvalue weighted by atomic mass is 9.97. The average molecular weight is 217 g/mol. The minimum absolute atomic E-state index is 0. The van der Waals surface area contributed by atoms with Crippen molar-refractivity contribution in [3.8, 4) is 0 Å². The maximum absolute atomic E-state index is 7.63. The SMILES string of the molecule is CCCCC1C2NC(=N)CC(C)C12.Cl. The Labute approximate surface area is 92.8 Å². The standard InChI is InChI=1S/C11H20N2.ClH/c1-3-4-5-8-10-7(2)6-9(12)13-11(8)10;/h7-8,10-11H,3-6H2,1-2H3,(H2,12,13);1H. The van der Waals surface area contributed by atoms with Gasteiger partial charge in [-0.05, 0) is 24.2 Å². The van der Waals surface area contributed by atoms with Crippen LogP contribution in [0.2, 0.25) is 0 Å². The van der Waals surface area contributed by atoms with Crippen molar-refractivity contribution in [3.63, 3.8) is 0 Å². The van der Waals surface area contributed by atoms with Gasteiger partial charge in [0.15, 0.2) is 0 Å². The van der Waals surface area contributed by atoms with E-state index in [4.69, 9.17) is 5.41 Å². The summed E-state index contributed by atoms with van der Waals surface area (Å²) in [6.07, 6.45) is 5.02. The van der Waals surface area contributed by atoms with E-state index in [9.17, 15) is 0 Å². The maximum atomic E-state index is 7.63. The number of piperidine rings is 1. The number of hydrogen-bond acceptors (Lipinski definition) is 1. The second-order valence-electron chi connectivity index (χ2n) is 4.71. The van der Waals surface area contributed by atoms with Gasteiger partial charge in [0, 0.05) is 12.5 Å². The first kappa shape index (κ1) is 11.8. The van der Waals surface area contributed by atoms with Gasteiger partial charge in [-0.25, -0.2) is 0 Å². The first-order valence-corrected chi connectivity index (χ1v) is 5.58. The molecule has 0 aromatic heterocycles. The molecule has 1 saturated heterocycles. The molecule has 0 spiro atoms. The summed E-state index contributed by atoms with van der Waals surface area (Å²) < 4.78 is 0. The number of unbranched alkanes of at least 4 members (excludes halogenated alkanes) is 1. The lowest BCUT2D eigenvalue weighted by Gasteiger charge is -2.18. The Balaban J connectivity index is 0.000000980. The molecule has 14 heavy (non-hydrogen) atoms. The summed E-state index contributed by atoms with van der Waals surface area (Å²) in [6.45, 7) is 4.56. The maximum Gasteiger partial charge on any atom is 0.0936 e. The highest BCUT2D eigenvalue weighted by Crippen LogP contribution is 2.50. The number of amidine groups is 1. The fourth-order valence-corrected chi connectivity index (χ4v) is 2.91. The molecule has 4 unspecified atom stereocenters. The Morgan fingerprint density at radius 2 is 2.21 bits per heavy atom. The highest BCUT2D eigenvalue weighted by molar-refractivity contribution is 5.85. The quantitative estimate of drug-likeness (QED) is 0.748.